The van der Waals surface area contributed by atoms with E-state index in [1.165, 1.54) is 42.5 Å². The smallest absolute Gasteiger partial charge is 0.0865 e. The van der Waals surface area contributed by atoms with E-state index in [1.54, 1.807) is 0 Å². The Kier molecular flexibility index (Phi) is 3.82. The van der Waals surface area contributed by atoms with Crippen LogP contribution in [0, 0.1) is 0 Å². The lowest BCUT2D eigenvalue weighted by Crippen LogP contribution is -2.42. The van der Waals surface area contributed by atoms with Crippen molar-refractivity contribution in [1.29, 1.82) is 0 Å². The van der Waals surface area contributed by atoms with Crippen LogP contribution in [0.4, 0.5) is 0 Å². The number of benzene rings is 2. The van der Waals surface area contributed by atoms with Gasteiger partial charge in [-0.25, -0.2) is 0 Å². The van der Waals surface area contributed by atoms with Gasteiger partial charge in [0.1, 0.15) is 0 Å². The van der Waals surface area contributed by atoms with Crippen LogP contribution in [0.1, 0.15) is 49.7 Å². The van der Waals surface area contributed by atoms with Gasteiger partial charge >= 0.3 is 0 Å². The van der Waals surface area contributed by atoms with Gasteiger partial charge in [-0.15, -0.1) is 0 Å². The average Bonchev–Trinajstić information content (AvgIpc) is 2.95. The molecule has 4 rings (SSSR count). The summed E-state index contributed by atoms with van der Waals surface area (Å²) in [5.74, 6) is 0. The molecule has 0 aromatic heterocycles. The molecule has 0 spiro atoms. The lowest BCUT2D eigenvalue weighted by atomic mass is 9.66. The summed E-state index contributed by atoms with van der Waals surface area (Å²) < 4.78 is 0. The van der Waals surface area contributed by atoms with Crippen LogP contribution in [0.3, 0.4) is 0 Å². The maximum Gasteiger partial charge on any atom is 0.0865 e. The number of fused-ring (bicyclic) bond motifs is 1. The Bertz CT molecular complexity index is 731. The molecule has 2 aromatic rings. The van der Waals surface area contributed by atoms with Crippen molar-refractivity contribution >= 4 is 11.4 Å². The van der Waals surface area contributed by atoms with Gasteiger partial charge in [-0.2, -0.15) is 10.2 Å². The van der Waals surface area contributed by atoms with Gasteiger partial charge in [-0.3, -0.25) is 0 Å². The summed E-state index contributed by atoms with van der Waals surface area (Å²) in [6, 6.07) is 21.5. The second-order valence-electron chi connectivity index (χ2n) is 6.55. The highest BCUT2D eigenvalue weighted by Crippen LogP contribution is 2.42. The average molecular weight is 302 g/mol. The molecule has 1 saturated carbocycles. The molecule has 0 bridgehead atoms. The Morgan fingerprint density at radius 2 is 1.39 bits per heavy atom. The lowest BCUT2D eigenvalue weighted by molar-refractivity contribution is 0.541. The molecule has 1 aliphatic heterocycles. The molecule has 1 atom stereocenters. The molecular weight excluding hydrogens is 280 g/mol. The lowest BCUT2D eigenvalue weighted by Gasteiger charge is -2.34. The monoisotopic (exact) mass is 302 g/mol. The molecule has 1 aliphatic carbocycles. The summed E-state index contributed by atoms with van der Waals surface area (Å²) in [5, 5.41) is 9.36. The fraction of sp³-hybridized carbons (Fsp3) is 0.333. The van der Waals surface area contributed by atoms with Crippen LogP contribution < -0.4 is 0 Å². The fourth-order valence-electron chi connectivity index (χ4n) is 4.05. The summed E-state index contributed by atoms with van der Waals surface area (Å²) in [5.41, 5.74) is 4.84. The first kappa shape index (κ1) is 14.4. The SMILES string of the molecule is c1ccc(C2=NN=C3CCCCCCC32c2ccccc2)cc1. The highest BCUT2D eigenvalue weighted by atomic mass is 15.2. The summed E-state index contributed by atoms with van der Waals surface area (Å²) >= 11 is 0. The van der Waals surface area contributed by atoms with Crippen LogP contribution in [-0.4, -0.2) is 11.4 Å². The van der Waals surface area contributed by atoms with Crippen molar-refractivity contribution in [2.45, 2.75) is 43.9 Å². The van der Waals surface area contributed by atoms with E-state index < -0.39 is 0 Å². The maximum atomic E-state index is 4.69. The van der Waals surface area contributed by atoms with Crippen LogP contribution >= 0.6 is 0 Å². The minimum absolute atomic E-state index is 0.122. The molecule has 0 N–H and O–H groups in total. The second-order valence-corrected chi connectivity index (χ2v) is 6.55. The quantitative estimate of drug-likeness (QED) is 0.734. The number of rotatable bonds is 2. The predicted octanol–water partition coefficient (Wildman–Crippen LogP) is 5.14. The van der Waals surface area contributed by atoms with E-state index in [1.807, 2.05) is 0 Å². The van der Waals surface area contributed by atoms with Crippen molar-refractivity contribution in [3.8, 4) is 0 Å². The van der Waals surface area contributed by atoms with Crippen LogP contribution in [0.15, 0.2) is 70.9 Å². The summed E-state index contributed by atoms with van der Waals surface area (Å²) in [6.07, 6.45) is 7.26. The van der Waals surface area contributed by atoms with Gasteiger partial charge in [0.25, 0.3) is 0 Å². The molecule has 0 saturated heterocycles. The standard InChI is InChI=1S/C21H22N2/c1-2-10-16-21(18-13-7-4-8-14-18)19(15-9-1)22-23-20(21)17-11-5-3-6-12-17/h3-8,11-14H,1-2,9-10,15-16H2. The van der Waals surface area contributed by atoms with Crippen LogP contribution in [0.2, 0.25) is 0 Å². The molecule has 1 fully saturated rings. The highest BCUT2D eigenvalue weighted by molar-refractivity contribution is 6.25. The molecule has 1 unspecified atom stereocenters. The molecule has 116 valence electrons. The Balaban J connectivity index is 1.87. The van der Waals surface area contributed by atoms with Crippen molar-refractivity contribution in [3.63, 3.8) is 0 Å². The second kappa shape index (κ2) is 6.11. The van der Waals surface area contributed by atoms with E-state index >= 15 is 0 Å². The van der Waals surface area contributed by atoms with Gasteiger partial charge in [0.15, 0.2) is 0 Å². The molecule has 23 heavy (non-hydrogen) atoms. The first-order valence-corrected chi connectivity index (χ1v) is 8.68. The van der Waals surface area contributed by atoms with E-state index in [9.17, 15) is 0 Å². The van der Waals surface area contributed by atoms with Gasteiger partial charge in [0, 0.05) is 0 Å². The zero-order chi connectivity index (χ0) is 15.5. The zero-order valence-corrected chi connectivity index (χ0v) is 13.4. The number of hydrogen-bond donors (Lipinski definition) is 0. The molecule has 2 aliphatic rings. The Hall–Kier alpha value is -2.22. The largest absolute Gasteiger partial charge is 0.158 e. The molecular formula is C21H22N2. The van der Waals surface area contributed by atoms with Crippen LogP contribution in [0.25, 0.3) is 0 Å². The maximum absolute atomic E-state index is 4.69. The van der Waals surface area contributed by atoms with Gasteiger partial charge < -0.3 is 0 Å². The fourth-order valence-corrected chi connectivity index (χ4v) is 4.05. The Morgan fingerprint density at radius 3 is 2.17 bits per heavy atom. The van der Waals surface area contributed by atoms with Gasteiger partial charge in [-0.05, 0) is 30.4 Å². The van der Waals surface area contributed by atoms with E-state index in [0.717, 1.165) is 18.6 Å². The highest BCUT2D eigenvalue weighted by Gasteiger charge is 2.46. The van der Waals surface area contributed by atoms with E-state index in [4.69, 9.17) is 0 Å². The minimum atomic E-state index is -0.122. The summed E-state index contributed by atoms with van der Waals surface area (Å²) in [7, 11) is 0. The third kappa shape index (κ3) is 2.42. The number of hydrogen-bond acceptors (Lipinski definition) is 2. The van der Waals surface area contributed by atoms with E-state index in [-0.39, 0.29) is 5.41 Å². The van der Waals surface area contributed by atoms with Crippen molar-refractivity contribution in [1.82, 2.24) is 0 Å². The van der Waals surface area contributed by atoms with Crippen molar-refractivity contribution in [2.24, 2.45) is 10.2 Å². The van der Waals surface area contributed by atoms with Crippen molar-refractivity contribution in [3.05, 3.63) is 71.8 Å². The first-order valence-electron chi connectivity index (χ1n) is 8.68. The Morgan fingerprint density at radius 1 is 0.696 bits per heavy atom. The molecule has 1 heterocycles. The number of nitrogens with zero attached hydrogens (tertiary/aromatic N) is 2. The third-order valence-electron chi connectivity index (χ3n) is 5.20. The predicted molar refractivity (Wildman–Crippen MR) is 96.2 cm³/mol. The normalized spacial score (nSPS) is 24.2. The van der Waals surface area contributed by atoms with Crippen molar-refractivity contribution < 1.29 is 0 Å². The first-order chi connectivity index (χ1) is 11.4. The molecule has 0 amide bonds. The van der Waals surface area contributed by atoms with E-state index in [2.05, 4.69) is 70.9 Å². The topological polar surface area (TPSA) is 24.7 Å². The van der Waals surface area contributed by atoms with Gasteiger partial charge in [0.2, 0.25) is 0 Å². The minimum Gasteiger partial charge on any atom is -0.158 e. The summed E-state index contributed by atoms with van der Waals surface area (Å²) in [6.45, 7) is 0. The van der Waals surface area contributed by atoms with Crippen LogP contribution in [-0.2, 0) is 5.41 Å². The van der Waals surface area contributed by atoms with Gasteiger partial charge in [0.05, 0.1) is 16.8 Å². The van der Waals surface area contributed by atoms with Crippen molar-refractivity contribution in [2.75, 3.05) is 0 Å². The van der Waals surface area contributed by atoms with E-state index in [0.29, 0.717) is 0 Å². The molecule has 2 aromatic carbocycles. The third-order valence-corrected chi connectivity index (χ3v) is 5.20. The van der Waals surface area contributed by atoms with Crippen LogP contribution in [0.5, 0.6) is 0 Å². The molecule has 2 heteroatoms. The molecule has 0 radical (unpaired) electrons. The Labute approximate surface area is 138 Å². The van der Waals surface area contributed by atoms with Gasteiger partial charge in [-0.1, -0.05) is 79.9 Å². The molecule has 2 nitrogen and oxygen atoms in total. The summed E-state index contributed by atoms with van der Waals surface area (Å²) in [4.78, 5) is 0. The zero-order valence-electron chi connectivity index (χ0n) is 13.4.